The van der Waals surface area contributed by atoms with Gasteiger partial charge in [0.25, 0.3) is 5.91 Å². The fourth-order valence-corrected chi connectivity index (χ4v) is 2.93. The molecule has 1 aliphatic rings. The van der Waals surface area contributed by atoms with Crippen molar-refractivity contribution in [2.75, 3.05) is 13.1 Å². The van der Waals surface area contributed by atoms with E-state index in [1.54, 1.807) is 0 Å². The summed E-state index contributed by atoms with van der Waals surface area (Å²) in [6.45, 7) is 6.65. The molecule has 2 atom stereocenters. The van der Waals surface area contributed by atoms with E-state index >= 15 is 0 Å². The molecule has 1 aliphatic heterocycles. The zero-order chi connectivity index (χ0) is 13.8. The van der Waals surface area contributed by atoms with Crippen molar-refractivity contribution in [2.24, 2.45) is 11.7 Å². The minimum absolute atomic E-state index is 0.140. The fourth-order valence-electron chi connectivity index (χ4n) is 2.93. The van der Waals surface area contributed by atoms with Crippen molar-refractivity contribution >= 4 is 5.91 Å². The van der Waals surface area contributed by atoms with Crippen LogP contribution in [-0.2, 0) is 6.54 Å². The van der Waals surface area contributed by atoms with E-state index < -0.39 is 0 Å². The van der Waals surface area contributed by atoms with Crippen molar-refractivity contribution in [3.63, 3.8) is 0 Å². The number of aromatic nitrogens is 1. The minimum atomic E-state index is 0.140. The molecule has 2 heterocycles. The average Bonchev–Trinajstić information content (AvgIpc) is 2.86. The molecule has 2 unspecified atom stereocenters. The predicted octanol–water partition coefficient (Wildman–Crippen LogP) is 2.10. The summed E-state index contributed by atoms with van der Waals surface area (Å²) in [6.07, 6.45) is 5.13. The fraction of sp³-hybridized carbons (Fsp3) is 0.667. The van der Waals surface area contributed by atoms with E-state index in [1.807, 2.05) is 27.8 Å². The van der Waals surface area contributed by atoms with Gasteiger partial charge in [0, 0.05) is 31.9 Å². The summed E-state index contributed by atoms with van der Waals surface area (Å²) < 4.78 is 2.05. The van der Waals surface area contributed by atoms with Gasteiger partial charge in [-0.05, 0) is 37.3 Å². The number of likely N-dealkylation sites (tertiary alicyclic amines) is 1. The highest BCUT2D eigenvalue weighted by Gasteiger charge is 2.30. The van der Waals surface area contributed by atoms with E-state index in [4.69, 9.17) is 5.73 Å². The standard InChI is InChI=1S/C15H25N3O/c1-3-7-17-8-4-5-14(17)15(19)18-9-6-12(2)10-13(18)11-16/h4-5,8,12-13H,3,6-7,9-11,16H2,1-2H3. The van der Waals surface area contributed by atoms with Crippen LogP contribution in [-0.4, -0.2) is 34.5 Å². The predicted molar refractivity (Wildman–Crippen MR) is 77.0 cm³/mol. The summed E-state index contributed by atoms with van der Waals surface area (Å²) in [5.41, 5.74) is 6.64. The lowest BCUT2D eigenvalue weighted by molar-refractivity contribution is 0.0562. The summed E-state index contributed by atoms with van der Waals surface area (Å²) in [5, 5.41) is 0. The number of nitrogens with zero attached hydrogens (tertiary/aromatic N) is 2. The Labute approximate surface area is 115 Å². The van der Waals surface area contributed by atoms with Crippen molar-refractivity contribution in [3.05, 3.63) is 24.0 Å². The zero-order valence-corrected chi connectivity index (χ0v) is 12.0. The molecule has 1 aromatic rings. The molecule has 1 fully saturated rings. The molecule has 4 heteroatoms. The Morgan fingerprint density at radius 2 is 2.32 bits per heavy atom. The Balaban J connectivity index is 2.15. The van der Waals surface area contributed by atoms with Crippen LogP contribution >= 0.6 is 0 Å². The summed E-state index contributed by atoms with van der Waals surface area (Å²) >= 11 is 0. The van der Waals surface area contributed by atoms with Crippen LogP contribution in [0.2, 0.25) is 0 Å². The lowest BCUT2D eigenvalue weighted by atomic mass is 9.92. The van der Waals surface area contributed by atoms with Crippen molar-refractivity contribution in [1.29, 1.82) is 0 Å². The number of amides is 1. The van der Waals surface area contributed by atoms with Gasteiger partial charge in [0.2, 0.25) is 0 Å². The molecule has 0 aromatic carbocycles. The van der Waals surface area contributed by atoms with E-state index in [9.17, 15) is 4.79 Å². The van der Waals surface area contributed by atoms with Gasteiger partial charge in [-0.25, -0.2) is 0 Å². The Bertz CT molecular complexity index is 427. The first-order valence-electron chi connectivity index (χ1n) is 7.33. The van der Waals surface area contributed by atoms with Crippen molar-refractivity contribution in [3.8, 4) is 0 Å². The van der Waals surface area contributed by atoms with Gasteiger partial charge < -0.3 is 15.2 Å². The van der Waals surface area contributed by atoms with Gasteiger partial charge in [-0.3, -0.25) is 4.79 Å². The van der Waals surface area contributed by atoms with E-state index in [1.165, 1.54) is 0 Å². The maximum Gasteiger partial charge on any atom is 0.270 e. The lowest BCUT2D eigenvalue weighted by Gasteiger charge is -2.38. The molecule has 1 saturated heterocycles. The smallest absolute Gasteiger partial charge is 0.270 e. The van der Waals surface area contributed by atoms with E-state index in [-0.39, 0.29) is 11.9 Å². The van der Waals surface area contributed by atoms with Crippen molar-refractivity contribution < 1.29 is 4.79 Å². The van der Waals surface area contributed by atoms with Crippen LogP contribution in [0, 0.1) is 5.92 Å². The van der Waals surface area contributed by atoms with Crippen LogP contribution in [0.1, 0.15) is 43.6 Å². The van der Waals surface area contributed by atoms with Gasteiger partial charge in [0.15, 0.2) is 0 Å². The first-order chi connectivity index (χ1) is 9.17. The molecule has 1 aromatic heterocycles. The van der Waals surface area contributed by atoms with E-state index in [0.717, 1.165) is 38.0 Å². The van der Waals surface area contributed by atoms with Crippen molar-refractivity contribution in [2.45, 2.75) is 45.7 Å². The van der Waals surface area contributed by atoms with Crippen LogP contribution in [0.5, 0.6) is 0 Å². The first kappa shape index (κ1) is 14.1. The highest BCUT2D eigenvalue weighted by molar-refractivity contribution is 5.93. The van der Waals surface area contributed by atoms with Crippen LogP contribution < -0.4 is 5.73 Å². The topological polar surface area (TPSA) is 51.3 Å². The summed E-state index contributed by atoms with van der Waals surface area (Å²) in [5.74, 6) is 0.806. The molecule has 0 saturated carbocycles. The number of aryl methyl sites for hydroxylation is 1. The Hall–Kier alpha value is -1.29. The lowest BCUT2D eigenvalue weighted by Crippen LogP contribution is -2.49. The van der Waals surface area contributed by atoms with E-state index in [2.05, 4.69) is 13.8 Å². The molecule has 2 N–H and O–H groups in total. The van der Waals surface area contributed by atoms with E-state index in [0.29, 0.717) is 12.5 Å². The zero-order valence-electron chi connectivity index (χ0n) is 12.0. The summed E-state index contributed by atoms with van der Waals surface area (Å²) in [4.78, 5) is 14.7. The second-order valence-corrected chi connectivity index (χ2v) is 5.60. The Morgan fingerprint density at radius 3 is 3.00 bits per heavy atom. The minimum Gasteiger partial charge on any atom is -0.344 e. The number of hydrogen-bond donors (Lipinski definition) is 1. The van der Waals surface area contributed by atoms with Crippen LogP contribution in [0.25, 0.3) is 0 Å². The van der Waals surface area contributed by atoms with Gasteiger partial charge in [0.1, 0.15) is 5.69 Å². The largest absolute Gasteiger partial charge is 0.344 e. The number of rotatable bonds is 4. The SMILES string of the molecule is CCCn1cccc1C(=O)N1CCC(C)CC1CN. The normalized spacial score (nSPS) is 23.6. The third-order valence-corrected chi connectivity index (χ3v) is 4.02. The van der Waals surface area contributed by atoms with Gasteiger partial charge in [-0.1, -0.05) is 13.8 Å². The second kappa shape index (κ2) is 6.24. The molecule has 106 valence electrons. The van der Waals surface area contributed by atoms with Gasteiger partial charge in [-0.2, -0.15) is 0 Å². The molecule has 2 rings (SSSR count). The monoisotopic (exact) mass is 263 g/mol. The molecule has 19 heavy (non-hydrogen) atoms. The Morgan fingerprint density at radius 1 is 1.53 bits per heavy atom. The molecular weight excluding hydrogens is 238 g/mol. The van der Waals surface area contributed by atoms with Crippen LogP contribution in [0.15, 0.2) is 18.3 Å². The van der Waals surface area contributed by atoms with Gasteiger partial charge in [0.05, 0.1) is 0 Å². The highest BCUT2D eigenvalue weighted by Crippen LogP contribution is 2.23. The third-order valence-electron chi connectivity index (χ3n) is 4.02. The molecule has 0 spiro atoms. The van der Waals surface area contributed by atoms with Crippen molar-refractivity contribution in [1.82, 2.24) is 9.47 Å². The van der Waals surface area contributed by atoms with Crippen LogP contribution in [0.4, 0.5) is 0 Å². The Kier molecular flexibility index (Phi) is 4.64. The molecule has 0 radical (unpaired) electrons. The number of piperidine rings is 1. The number of hydrogen-bond acceptors (Lipinski definition) is 2. The van der Waals surface area contributed by atoms with Crippen LogP contribution in [0.3, 0.4) is 0 Å². The maximum atomic E-state index is 12.7. The number of carbonyl (C=O) groups excluding carboxylic acids is 1. The number of nitrogens with two attached hydrogens (primary N) is 1. The van der Waals surface area contributed by atoms with Gasteiger partial charge in [-0.15, -0.1) is 0 Å². The molecule has 1 amide bonds. The highest BCUT2D eigenvalue weighted by atomic mass is 16.2. The average molecular weight is 263 g/mol. The quantitative estimate of drug-likeness (QED) is 0.904. The summed E-state index contributed by atoms with van der Waals surface area (Å²) in [6, 6.07) is 4.07. The maximum absolute atomic E-state index is 12.7. The molecule has 0 aliphatic carbocycles. The first-order valence-corrected chi connectivity index (χ1v) is 7.33. The molecule has 0 bridgehead atoms. The third kappa shape index (κ3) is 3.00. The van der Waals surface area contributed by atoms with Gasteiger partial charge >= 0.3 is 0 Å². The molecular formula is C15H25N3O. The number of carbonyl (C=O) groups is 1. The molecule has 4 nitrogen and oxygen atoms in total. The second-order valence-electron chi connectivity index (χ2n) is 5.60. The summed E-state index contributed by atoms with van der Waals surface area (Å²) in [7, 11) is 0.